The molecule has 2 heterocycles. The van der Waals surface area contributed by atoms with Crippen molar-refractivity contribution < 1.29 is 10.0 Å². The highest BCUT2D eigenvalue weighted by atomic mass is 32.1. The minimum Gasteiger partial charge on any atom is -0.396 e. The van der Waals surface area contributed by atoms with Gasteiger partial charge in [0.05, 0.1) is 15.1 Å². The van der Waals surface area contributed by atoms with Gasteiger partial charge in [0.25, 0.3) is 0 Å². The van der Waals surface area contributed by atoms with Gasteiger partial charge in [-0.1, -0.05) is 0 Å². The number of rotatable bonds is 4. The van der Waals surface area contributed by atoms with Crippen LogP contribution in [-0.2, 0) is 0 Å². The first kappa shape index (κ1) is 13.3. The van der Waals surface area contributed by atoms with Gasteiger partial charge in [-0.15, -0.1) is 11.3 Å². The highest BCUT2D eigenvalue weighted by molar-refractivity contribution is 7.16. The molecule has 7 heteroatoms. The van der Waals surface area contributed by atoms with Crippen LogP contribution in [0.5, 0.6) is 0 Å². The summed E-state index contributed by atoms with van der Waals surface area (Å²) in [5, 5.41) is 20.4. The van der Waals surface area contributed by atoms with Crippen LogP contribution < -0.4 is 4.90 Å². The minimum atomic E-state index is -0.337. The molecular formula is C13H15N3O3S. The van der Waals surface area contributed by atoms with E-state index in [1.165, 1.54) is 11.3 Å². The highest BCUT2D eigenvalue weighted by Gasteiger charge is 2.29. The number of thiazole rings is 1. The molecular weight excluding hydrogens is 278 g/mol. The average molecular weight is 293 g/mol. The largest absolute Gasteiger partial charge is 0.396 e. The van der Waals surface area contributed by atoms with Crippen LogP contribution in [0.15, 0.2) is 17.6 Å². The van der Waals surface area contributed by atoms with Crippen molar-refractivity contribution in [2.45, 2.75) is 12.8 Å². The van der Waals surface area contributed by atoms with Gasteiger partial charge in [-0.2, -0.15) is 0 Å². The summed E-state index contributed by atoms with van der Waals surface area (Å²) in [5.41, 5.74) is 2.87. The van der Waals surface area contributed by atoms with Gasteiger partial charge >= 0.3 is 5.69 Å². The molecule has 0 spiro atoms. The Bertz CT molecular complexity index is 643. The van der Waals surface area contributed by atoms with Gasteiger partial charge < -0.3 is 10.0 Å². The van der Waals surface area contributed by atoms with E-state index >= 15 is 0 Å². The SMILES string of the molecule is O=[N+]([O-])c1c(N2CCC(CCO)C2)ccc2scnc12. The maximum atomic E-state index is 11.4. The topological polar surface area (TPSA) is 79.5 Å². The lowest BCUT2D eigenvalue weighted by Crippen LogP contribution is -2.21. The molecule has 1 saturated heterocycles. The molecule has 0 bridgehead atoms. The molecule has 1 aliphatic heterocycles. The Hall–Kier alpha value is -1.73. The van der Waals surface area contributed by atoms with E-state index in [1.54, 1.807) is 5.51 Å². The zero-order chi connectivity index (χ0) is 14.1. The van der Waals surface area contributed by atoms with E-state index in [2.05, 4.69) is 4.98 Å². The van der Waals surface area contributed by atoms with E-state index in [0.717, 1.165) is 30.6 Å². The summed E-state index contributed by atoms with van der Waals surface area (Å²) in [6, 6.07) is 3.72. The first-order chi connectivity index (χ1) is 9.70. The number of benzene rings is 1. The Morgan fingerprint density at radius 3 is 3.15 bits per heavy atom. The third-order valence-corrected chi connectivity index (χ3v) is 4.60. The van der Waals surface area contributed by atoms with E-state index in [4.69, 9.17) is 5.11 Å². The Morgan fingerprint density at radius 1 is 1.55 bits per heavy atom. The van der Waals surface area contributed by atoms with Crippen LogP contribution in [0.1, 0.15) is 12.8 Å². The van der Waals surface area contributed by atoms with Crippen molar-refractivity contribution in [1.29, 1.82) is 0 Å². The summed E-state index contributed by atoms with van der Waals surface area (Å²) in [6.45, 7) is 1.73. The smallest absolute Gasteiger partial charge is 0.319 e. The predicted molar refractivity (Wildman–Crippen MR) is 78.3 cm³/mol. The fraction of sp³-hybridized carbons (Fsp3) is 0.462. The van der Waals surface area contributed by atoms with Gasteiger partial charge in [-0.25, -0.2) is 4.98 Å². The van der Waals surface area contributed by atoms with Gasteiger partial charge in [-0.05, 0) is 30.9 Å². The Labute approximate surface area is 119 Å². The van der Waals surface area contributed by atoms with Crippen LogP contribution in [0, 0.1) is 16.0 Å². The number of aliphatic hydroxyl groups excluding tert-OH is 1. The number of nitro benzene ring substituents is 1. The Kier molecular flexibility index (Phi) is 3.54. The number of hydrogen-bond donors (Lipinski definition) is 1. The molecule has 0 radical (unpaired) electrons. The van der Waals surface area contributed by atoms with Crippen molar-refractivity contribution in [2.75, 3.05) is 24.6 Å². The molecule has 20 heavy (non-hydrogen) atoms. The zero-order valence-electron chi connectivity index (χ0n) is 10.9. The maximum Gasteiger partial charge on any atom is 0.319 e. The molecule has 106 valence electrons. The van der Waals surface area contributed by atoms with Crippen molar-refractivity contribution in [2.24, 2.45) is 5.92 Å². The first-order valence-electron chi connectivity index (χ1n) is 6.57. The second kappa shape index (κ2) is 5.34. The zero-order valence-corrected chi connectivity index (χ0v) is 11.7. The van der Waals surface area contributed by atoms with E-state index in [1.807, 2.05) is 17.0 Å². The van der Waals surface area contributed by atoms with E-state index in [9.17, 15) is 10.1 Å². The summed E-state index contributed by atoms with van der Waals surface area (Å²) in [5.74, 6) is 0.408. The molecule has 1 aromatic heterocycles. The second-order valence-corrected chi connectivity index (χ2v) is 5.89. The Morgan fingerprint density at radius 2 is 2.40 bits per heavy atom. The standard InChI is InChI=1S/C13H15N3O3S/c17-6-4-9-3-5-15(7-9)10-1-2-11-12(14-8-20-11)13(10)16(18)19/h1-2,8-9,17H,3-7H2. The van der Waals surface area contributed by atoms with Crippen LogP contribution in [-0.4, -0.2) is 34.7 Å². The van der Waals surface area contributed by atoms with Gasteiger partial charge in [0.15, 0.2) is 5.52 Å². The molecule has 1 fully saturated rings. The molecule has 1 N–H and O–H groups in total. The summed E-state index contributed by atoms with van der Waals surface area (Å²) in [4.78, 5) is 17.2. The second-order valence-electron chi connectivity index (χ2n) is 5.00. The van der Waals surface area contributed by atoms with Crippen LogP contribution in [0.4, 0.5) is 11.4 Å². The number of nitrogens with zero attached hydrogens (tertiary/aromatic N) is 3. The predicted octanol–water partition coefficient (Wildman–Crippen LogP) is 2.41. The quantitative estimate of drug-likeness (QED) is 0.691. The number of hydrogen-bond acceptors (Lipinski definition) is 6. The number of aromatic nitrogens is 1. The summed E-state index contributed by atoms with van der Waals surface area (Å²) >= 11 is 1.41. The molecule has 0 aliphatic carbocycles. The fourth-order valence-electron chi connectivity index (χ4n) is 2.81. The molecule has 1 unspecified atom stereocenters. The van der Waals surface area contributed by atoms with Crippen molar-refractivity contribution in [3.05, 3.63) is 27.8 Å². The molecule has 2 aromatic rings. The van der Waals surface area contributed by atoms with E-state index in [-0.39, 0.29) is 17.2 Å². The van der Waals surface area contributed by atoms with Gasteiger partial charge in [0.1, 0.15) is 5.69 Å². The Balaban J connectivity index is 1.99. The van der Waals surface area contributed by atoms with Crippen LogP contribution in [0.3, 0.4) is 0 Å². The number of nitro groups is 1. The van der Waals surface area contributed by atoms with Gasteiger partial charge in [0, 0.05) is 19.7 Å². The summed E-state index contributed by atoms with van der Waals surface area (Å²) < 4.78 is 0.839. The molecule has 1 aromatic carbocycles. The molecule has 0 amide bonds. The van der Waals surface area contributed by atoms with Crippen LogP contribution >= 0.6 is 11.3 Å². The highest BCUT2D eigenvalue weighted by Crippen LogP contribution is 2.38. The normalized spacial score (nSPS) is 18.9. The number of anilines is 1. The van der Waals surface area contributed by atoms with Crippen molar-refractivity contribution in [3.63, 3.8) is 0 Å². The third-order valence-electron chi connectivity index (χ3n) is 3.80. The lowest BCUT2D eigenvalue weighted by molar-refractivity contribution is -0.382. The third kappa shape index (κ3) is 2.23. The van der Waals surface area contributed by atoms with Crippen molar-refractivity contribution in [1.82, 2.24) is 4.98 Å². The lowest BCUT2D eigenvalue weighted by Gasteiger charge is -2.18. The average Bonchev–Trinajstić information content (AvgIpc) is 3.05. The van der Waals surface area contributed by atoms with Crippen molar-refractivity contribution in [3.8, 4) is 0 Å². The van der Waals surface area contributed by atoms with Gasteiger partial charge in [0.2, 0.25) is 0 Å². The van der Waals surface area contributed by atoms with Crippen LogP contribution in [0.25, 0.3) is 10.2 Å². The monoisotopic (exact) mass is 293 g/mol. The lowest BCUT2D eigenvalue weighted by atomic mass is 10.1. The molecule has 3 rings (SSSR count). The molecule has 0 saturated carbocycles. The number of fused-ring (bicyclic) bond motifs is 1. The maximum absolute atomic E-state index is 11.4. The first-order valence-corrected chi connectivity index (χ1v) is 7.45. The van der Waals surface area contributed by atoms with Gasteiger partial charge in [-0.3, -0.25) is 10.1 Å². The minimum absolute atomic E-state index is 0.105. The molecule has 6 nitrogen and oxygen atoms in total. The molecule has 1 aliphatic rings. The van der Waals surface area contributed by atoms with E-state index < -0.39 is 0 Å². The fourth-order valence-corrected chi connectivity index (χ4v) is 3.49. The van der Waals surface area contributed by atoms with Crippen molar-refractivity contribution >= 4 is 32.9 Å². The summed E-state index contributed by atoms with van der Waals surface area (Å²) in [7, 11) is 0. The summed E-state index contributed by atoms with van der Waals surface area (Å²) in [6.07, 6.45) is 1.72. The molecule has 1 atom stereocenters. The van der Waals surface area contributed by atoms with E-state index in [0.29, 0.717) is 17.1 Å². The number of aliphatic hydroxyl groups is 1. The van der Waals surface area contributed by atoms with Crippen LogP contribution in [0.2, 0.25) is 0 Å².